The second-order valence-corrected chi connectivity index (χ2v) is 9.53. The van der Waals surface area contributed by atoms with E-state index in [1.54, 1.807) is 18.1 Å². The van der Waals surface area contributed by atoms with Gasteiger partial charge in [-0.3, -0.25) is 9.59 Å². The summed E-state index contributed by atoms with van der Waals surface area (Å²) in [5.41, 5.74) is 2.10. The summed E-state index contributed by atoms with van der Waals surface area (Å²) < 4.78 is 30.8. The van der Waals surface area contributed by atoms with Gasteiger partial charge in [0.05, 0.1) is 23.6 Å². The second-order valence-electron chi connectivity index (χ2n) is 7.38. The number of carbonyl (C=O) groups excluding carboxylic acids is 2. The first-order chi connectivity index (χ1) is 14.1. The molecule has 0 aromatic heterocycles. The van der Waals surface area contributed by atoms with Gasteiger partial charge in [-0.15, -0.1) is 0 Å². The molecule has 1 heterocycles. The van der Waals surface area contributed by atoms with E-state index >= 15 is 0 Å². The van der Waals surface area contributed by atoms with Crippen molar-refractivity contribution >= 4 is 33.2 Å². The SMILES string of the molecule is COc1ccc(C)cc1N1CC(C(=O)Nc2ccc(S(=O)(=O)N(C)C)cc2)CC1=O. The van der Waals surface area contributed by atoms with Crippen LogP contribution < -0.4 is 15.0 Å². The van der Waals surface area contributed by atoms with E-state index in [0.717, 1.165) is 9.87 Å². The molecule has 2 aromatic carbocycles. The lowest BCUT2D eigenvalue weighted by molar-refractivity contribution is -0.122. The summed E-state index contributed by atoms with van der Waals surface area (Å²) in [6, 6.07) is 11.5. The Labute approximate surface area is 176 Å². The van der Waals surface area contributed by atoms with E-state index < -0.39 is 15.9 Å². The summed E-state index contributed by atoms with van der Waals surface area (Å²) in [5, 5.41) is 2.77. The van der Waals surface area contributed by atoms with Crippen molar-refractivity contribution in [2.75, 3.05) is 38.0 Å². The first-order valence-electron chi connectivity index (χ1n) is 9.42. The van der Waals surface area contributed by atoms with Gasteiger partial charge in [0.15, 0.2) is 0 Å². The normalized spacial score (nSPS) is 16.8. The minimum absolute atomic E-state index is 0.0933. The number of sulfonamides is 1. The van der Waals surface area contributed by atoms with Crippen molar-refractivity contribution in [2.45, 2.75) is 18.2 Å². The highest BCUT2D eigenvalue weighted by molar-refractivity contribution is 7.89. The third-order valence-electron chi connectivity index (χ3n) is 5.02. The highest BCUT2D eigenvalue weighted by Crippen LogP contribution is 2.34. The van der Waals surface area contributed by atoms with Gasteiger partial charge in [0.25, 0.3) is 0 Å². The highest BCUT2D eigenvalue weighted by Gasteiger charge is 2.36. The molecule has 1 saturated heterocycles. The van der Waals surface area contributed by atoms with Crippen LogP contribution in [0.3, 0.4) is 0 Å². The third-order valence-corrected chi connectivity index (χ3v) is 6.85. The summed E-state index contributed by atoms with van der Waals surface area (Å²) in [6.45, 7) is 2.17. The molecule has 1 atom stereocenters. The molecule has 2 amide bonds. The predicted octanol–water partition coefficient (Wildman–Crippen LogP) is 2.25. The number of nitrogens with one attached hydrogen (secondary N) is 1. The molecule has 0 saturated carbocycles. The molecule has 9 heteroatoms. The maximum absolute atomic E-state index is 12.7. The Hall–Kier alpha value is -2.91. The van der Waals surface area contributed by atoms with Gasteiger partial charge in [-0.1, -0.05) is 6.07 Å². The molecule has 1 fully saturated rings. The average molecular weight is 432 g/mol. The molecule has 0 aliphatic carbocycles. The Balaban J connectivity index is 1.72. The number of carbonyl (C=O) groups is 2. The van der Waals surface area contributed by atoms with Gasteiger partial charge in [-0.2, -0.15) is 0 Å². The van der Waals surface area contributed by atoms with E-state index in [1.807, 2.05) is 19.1 Å². The lowest BCUT2D eigenvalue weighted by atomic mass is 10.1. The first kappa shape index (κ1) is 21.8. The third kappa shape index (κ3) is 4.31. The lowest BCUT2D eigenvalue weighted by Gasteiger charge is -2.20. The number of rotatable bonds is 6. The number of methoxy groups -OCH3 is 1. The monoisotopic (exact) mass is 431 g/mol. The van der Waals surface area contributed by atoms with Crippen LogP contribution in [0.4, 0.5) is 11.4 Å². The topological polar surface area (TPSA) is 96.0 Å². The lowest BCUT2D eigenvalue weighted by Crippen LogP contribution is -2.28. The minimum atomic E-state index is -3.54. The number of amides is 2. The van der Waals surface area contributed by atoms with Crippen molar-refractivity contribution in [3.63, 3.8) is 0 Å². The number of nitrogens with zero attached hydrogens (tertiary/aromatic N) is 2. The van der Waals surface area contributed by atoms with Gasteiger partial charge in [0, 0.05) is 32.7 Å². The molecule has 1 N–H and O–H groups in total. The van der Waals surface area contributed by atoms with Crippen molar-refractivity contribution in [1.82, 2.24) is 4.31 Å². The van der Waals surface area contributed by atoms with Gasteiger partial charge >= 0.3 is 0 Å². The van der Waals surface area contributed by atoms with Crippen molar-refractivity contribution in [2.24, 2.45) is 5.92 Å². The Bertz CT molecular complexity index is 1060. The van der Waals surface area contributed by atoms with Crippen LogP contribution in [-0.4, -0.2) is 52.3 Å². The van der Waals surface area contributed by atoms with Gasteiger partial charge in [0.2, 0.25) is 21.8 Å². The van der Waals surface area contributed by atoms with E-state index in [2.05, 4.69) is 5.32 Å². The number of hydrogen-bond acceptors (Lipinski definition) is 5. The zero-order valence-corrected chi connectivity index (χ0v) is 18.2. The summed E-state index contributed by atoms with van der Waals surface area (Å²) in [6.07, 6.45) is 0.0933. The second kappa shape index (κ2) is 8.45. The van der Waals surface area contributed by atoms with Crippen LogP contribution in [-0.2, 0) is 19.6 Å². The summed E-state index contributed by atoms with van der Waals surface area (Å²) in [5.74, 6) is -0.382. The van der Waals surface area contributed by atoms with Crippen LogP contribution in [0.1, 0.15) is 12.0 Å². The van der Waals surface area contributed by atoms with Gasteiger partial charge in [-0.25, -0.2) is 12.7 Å². The van der Waals surface area contributed by atoms with Crippen LogP contribution in [0.2, 0.25) is 0 Å². The van der Waals surface area contributed by atoms with E-state index in [0.29, 0.717) is 17.1 Å². The van der Waals surface area contributed by atoms with Crippen LogP contribution in [0.5, 0.6) is 5.75 Å². The van der Waals surface area contributed by atoms with Crippen LogP contribution in [0, 0.1) is 12.8 Å². The summed E-state index contributed by atoms with van der Waals surface area (Å²) in [7, 11) is 0.916. The fourth-order valence-electron chi connectivity index (χ4n) is 3.29. The molecular formula is C21H25N3O5S. The molecule has 1 unspecified atom stereocenters. The standard InChI is InChI=1S/C21H25N3O5S/c1-14-5-10-19(29-4)18(11-14)24-13-15(12-20(24)25)21(26)22-16-6-8-17(9-7-16)30(27,28)23(2)3/h5-11,15H,12-13H2,1-4H3,(H,22,26). The van der Waals surface area contributed by atoms with E-state index in [1.165, 1.54) is 38.4 Å². The molecule has 8 nitrogen and oxygen atoms in total. The Kier molecular flexibility index (Phi) is 6.14. The van der Waals surface area contributed by atoms with E-state index in [-0.39, 0.29) is 29.7 Å². The fraction of sp³-hybridized carbons (Fsp3) is 0.333. The van der Waals surface area contributed by atoms with Crippen molar-refractivity contribution < 1.29 is 22.7 Å². The molecule has 1 aliphatic rings. The molecule has 3 rings (SSSR count). The molecule has 160 valence electrons. The molecule has 0 spiro atoms. The van der Waals surface area contributed by atoms with Crippen LogP contribution in [0.15, 0.2) is 47.4 Å². The smallest absolute Gasteiger partial charge is 0.242 e. The van der Waals surface area contributed by atoms with Crippen LogP contribution >= 0.6 is 0 Å². The minimum Gasteiger partial charge on any atom is -0.495 e. The number of aryl methyl sites for hydroxylation is 1. The van der Waals surface area contributed by atoms with Crippen molar-refractivity contribution in [3.8, 4) is 5.75 Å². The molecule has 30 heavy (non-hydrogen) atoms. The van der Waals surface area contributed by atoms with E-state index in [4.69, 9.17) is 4.74 Å². The Morgan fingerprint density at radius 1 is 1.17 bits per heavy atom. The average Bonchev–Trinajstić information content (AvgIpc) is 3.10. The fourth-order valence-corrected chi connectivity index (χ4v) is 4.19. The van der Waals surface area contributed by atoms with Crippen molar-refractivity contribution in [1.29, 1.82) is 0 Å². The largest absolute Gasteiger partial charge is 0.495 e. The highest BCUT2D eigenvalue weighted by atomic mass is 32.2. The summed E-state index contributed by atoms with van der Waals surface area (Å²) in [4.78, 5) is 27.0. The van der Waals surface area contributed by atoms with E-state index in [9.17, 15) is 18.0 Å². The molecular weight excluding hydrogens is 406 g/mol. The Morgan fingerprint density at radius 3 is 2.43 bits per heavy atom. The quantitative estimate of drug-likeness (QED) is 0.757. The molecule has 2 aromatic rings. The number of ether oxygens (including phenoxy) is 1. The number of hydrogen-bond donors (Lipinski definition) is 1. The van der Waals surface area contributed by atoms with Crippen LogP contribution in [0.25, 0.3) is 0 Å². The van der Waals surface area contributed by atoms with Gasteiger partial charge in [0.1, 0.15) is 5.75 Å². The zero-order chi connectivity index (χ0) is 22.1. The van der Waals surface area contributed by atoms with Gasteiger partial charge < -0.3 is 15.0 Å². The molecule has 0 bridgehead atoms. The zero-order valence-electron chi connectivity index (χ0n) is 17.4. The maximum Gasteiger partial charge on any atom is 0.242 e. The molecule has 1 aliphatic heterocycles. The predicted molar refractivity (Wildman–Crippen MR) is 114 cm³/mol. The maximum atomic E-state index is 12.7. The number of benzene rings is 2. The number of anilines is 2. The summed E-state index contributed by atoms with van der Waals surface area (Å²) >= 11 is 0. The molecule has 0 radical (unpaired) electrons. The Morgan fingerprint density at radius 2 is 1.83 bits per heavy atom. The first-order valence-corrected chi connectivity index (χ1v) is 10.9. The van der Waals surface area contributed by atoms with Gasteiger partial charge in [-0.05, 0) is 48.9 Å². The van der Waals surface area contributed by atoms with Crippen molar-refractivity contribution in [3.05, 3.63) is 48.0 Å².